The van der Waals surface area contributed by atoms with Crippen LogP contribution in [0.1, 0.15) is 15.9 Å². The second kappa shape index (κ2) is 3.88. The van der Waals surface area contributed by atoms with Gasteiger partial charge in [0.05, 0.1) is 18.2 Å². The molecule has 0 heterocycles. The first kappa shape index (κ1) is 10.2. The van der Waals surface area contributed by atoms with Gasteiger partial charge in [0, 0.05) is 0 Å². The molecule has 0 N–H and O–H groups in total. The maximum absolute atomic E-state index is 13.0. The molecule has 0 aliphatic rings. The van der Waals surface area contributed by atoms with Gasteiger partial charge in [0.1, 0.15) is 11.6 Å². The highest BCUT2D eigenvalue weighted by molar-refractivity contribution is 5.89. The number of rotatable bonds is 1. The van der Waals surface area contributed by atoms with E-state index < -0.39 is 23.2 Å². The van der Waals surface area contributed by atoms with Crippen molar-refractivity contribution in [1.29, 1.82) is 0 Å². The zero-order chi connectivity index (χ0) is 10.7. The molecule has 0 aliphatic heterocycles. The summed E-state index contributed by atoms with van der Waals surface area (Å²) in [6.45, 7) is 0. The molecule has 72 valence electrons. The number of benzene rings is 1. The summed E-state index contributed by atoms with van der Waals surface area (Å²) in [4.78, 5) is 10.9. The highest BCUT2D eigenvalue weighted by atomic mass is 19.1. The molecule has 1 aromatic carbocycles. The van der Waals surface area contributed by atoms with Gasteiger partial charge in [0.25, 0.3) is 0 Å². The lowest BCUT2D eigenvalue weighted by atomic mass is 10.1. The molecular formula is C10H6F2O2. The minimum absolute atomic E-state index is 0.207. The number of hydrogen-bond donors (Lipinski definition) is 0. The van der Waals surface area contributed by atoms with Crippen LogP contribution in [-0.2, 0) is 4.74 Å². The van der Waals surface area contributed by atoms with Crippen molar-refractivity contribution < 1.29 is 18.3 Å². The van der Waals surface area contributed by atoms with Crippen molar-refractivity contribution in [3.8, 4) is 12.3 Å². The quantitative estimate of drug-likeness (QED) is 0.505. The highest BCUT2D eigenvalue weighted by Crippen LogP contribution is 2.14. The highest BCUT2D eigenvalue weighted by Gasteiger charge is 2.13. The Bertz CT molecular complexity index is 396. The molecule has 0 saturated carbocycles. The third-order valence-corrected chi connectivity index (χ3v) is 1.61. The van der Waals surface area contributed by atoms with Crippen LogP contribution in [0.5, 0.6) is 0 Å². The average Bonchev–Trinajstić information content (AvgIpc) is 2.16. The Kier molecular flexibility index (Phi) is 2.82. The summed E-state index contributed by atoms with van der Waals surface area (Å²) in [6, 6.07) is 1.67. The van der Waals surface area contributed by atoms with Crippen molar-refractivity contribution >= 4 is 5.97 Å². The van der Waals surface area contributed by atoms with E-state index in [9.17, 15) is 13.6 Å². The molecule has 14 heavy (non-hydrogen) atoms. The third kappa shape index (κ3) is 1.72. The van der Waals surface area contributed by atoms with Crippen molar-refractivity contribution in [2.24, 2.45) is 0 Å². The fourth-order valence-electron chi connectivity index (χ4n) is 0.947. The van der Waals surface area contributed by atoms with Crippen LogP contribution in [0.3, 0.4) is 0 Å². The normalized spacial score (nSPS) is 9.29. The smallest absolute Gasteiger partial charge is 0.338 e. The molecule has 0 fully saturated rings. The lowest BCUT2D eigenvalue weighted by Crippen LogP contribution is -2.04. The van der Waals surface area contributed by atoms with Gasteiger partial charge in [0.2, 0.25) is 0 Å². The van der Waals surface area contributed by atoms with E-state index in [1.807, 2.05) is 5.92 Å². The van der Waals surface area contributed by atoms with E-state index in [1.54, 1.807) is 0 Å². The van der Waals surface area contributed by atoms with E-state index in [1.165, 1.54) is 0 Å². The summed E-state index contributed by atoms with van der Waals surface area (Å²) in [5.74, 6) is -0.870. The number of hydrogen-bond acceptors (Lipinski definition) is 2. The molecule has 0 aromatic heterocycles. The van der Waals surface area contributed by atoms with Crippen LogP contribution in [0.4, 0.5) is 8.78 Å². The number of carbonyl (C=O) groups excluding carboxylic acids is 1. The Morgan fingerprint density at radius 2 is 1.93 bits per heavy atom. The Hall–Kier alpha value is -1.89. The second-order valence-electron chi connectivity index (χ2n) is 2.45. The van der Waals surface area contributed by atoms with E-state index >= 15 is 0 Å². The summed E-state index contributed by atoms with van der Waals surface area (Å²) in [7, 11) is 1.12. The van der Waals surface area contributed by atoms with E-state index in [2.05, 4.69) is 4.74 Å². The van der Waals surface area contributed by atoms with Gasteiger partial charge < -0.3 is 4.74 Å². The molecule has 0 aliphatic carbocycles. The predicted molar refractivity (Wildman–Crippen MR) is 45.6 cm³/mol. The molecule has 0 atom stereocenters. The largest absolute Gasteiger partial charge is 0.465 e. The fraction of sp³-hybridized carbons (Fsp3) is 0.100. The topological polar surface area (TPSA) is 26.3 Å². The van der Waals surface area contributed by atoms with Crippen LogP contribution in [0, 0.1) is 24.0 Å². The van der Waals surface area contributed by atoms with Crippen LogP contribution >= 0.6 is 0 Å². The number of methoxy groups -OCH3 is 1. The maximum atomic E-state index is 13.0. The average molecular weight is 196 g/mol. The molecule has 0 spiro atoms. The first-order valence-electron chi connectivity index (χ1n) is 3.64. The molecule has 0 bridgehead atoms. The van der Waals surface area contributed by atoms with Gasteiger partial charge in [0.15, 0.2) is 0 Å². The molecule has 0 unspecified atom stereocenters. The first-order valence-corrected chi connectivity index (χ1v) is 3.64. The fourth-order valence-corrected chi connectivity index (χ4v) is 0.947. The zero-order valence-electron chi connectivity index (χ0n) is 7.30. The number of halogens is 2. The lowest BCUT2D eigenvalue weighted by molar-refractivity contribution is 0.0599. The van der Waals surface area contributed by atoms with Gasteiger partial charge in [-0.15, -0.1) is 6.42 Å². The maximum Gasteiger partial charge on any atom is 0.338 e. The van der Waals surface area contributed by atoms with Gasteiger partial charge in [-0.1, -0.05) is 5.92 Å². The number of esters is 1. The molecule has 2 nitrogen and oxygen atoms in total. The van der Waals surface area contributed by atoms with E-state index in [-0.39, 0.29) is 5.56 Å². The molecule has 0 saturated heterocycles. The minimum Gasteiger partial charge on any atom is -0.465 e. The van der Waals surface area contributed by atoms with Crippen molar-refractivity contribution in [1.82, 2.24) is 0 Å². The summed E-state index contributed by atoms with van der Waals surface area (Å²) in [6.07, 6.45) is 4.86. The Labute approximate surface area is 79.5 Å². The lowest BCUT2D eigenvalue weighted by Gasteiger charge is -2.01. The van der Waals surface area contributed by atoms with Gasteiger partial charge in [-0.3, -0.25) is 0 Å². The zero-order valence-corrected chi connectivity index (χ0v) is 7.30. The molecule has 0 amide bonds. The van der Waals surface area contributed by atoms with Crippen LogP contribution in [0.25, 0.3) is 0 Å². The Morgan fingerprint density at radius 1 is 1.43 bits per heavy atom. The number of carbonyl (C=O) groups is 1. The van der Waals surface area contributed by atoms with Crippen LogP contribution in [0.2, 0.25) is 0 Å². The summed E-state index contributed by atoms with van der Waals surface area (Å²) in [5, 5.41) is 0. The number of ether oxygens (including phenoxy) is 1. The van der Waals surface area contributed by atoms with Crippen LogP contribution < -0.4 is 0 Å². The molecule has 1 rings (SSSR count). The molecule has 4 heteroatoms. The van der Waals surface area contributed by atoms with Crippen molar-refractivity contribution in [2.75, 3.05) is 7.11 Å². The summed E-state index contributed by atoms with van der Waals surface area (Å²) >= 11 is 0. The van der Waals surface area contributed by atoms with Gasteiger partial charge in [-0.25, -0.2) is 13.6 Å². The summed E-state index contributed by atoms with van der Waals surface area (Å²) in [5.41, 5.74) is -0.695. The van der Waals surface area contributed by atoms with E-state index in [0.29, 0.717) is 0 Å². The van der Waals surface area contributed by atoms with Gasteiger partial charge in [-0.05, 0) is 12.1 Å². The minimum atomic E-state index is -0.951. The van der Waals surface area contributed by atoms with Crippen molar-refractivity contribution in [2.45, 2.75) is 0 Å². The van der Waals surface area contributed by atoms with Crippen LogP contribution in [0.15, 0.2) is 12.1 Å². The monoisotopic (exact) mass is 196 g/mol. The SMILES string of the molecule is C#Cc1c(F)cc(C(=O)OC)cc1F. The summed E-state index contributed by atoms with van der Waals surface area (Å²) < 4.78 is 30.3. The molecule has 0 radical (unpaired) electrons. The molecular weight excluding hydrogens is 190 g/mol. The van der Waals surface area contributed by atoms with Crippen molar-refractivity contribution in [3.05, 3.63) is 34.9 Å². The van der Waals surface area contributed by atoms with Crippen molar-refractivity contribution in [3.63, 3.8) is 0 Å². The van der Waals surface area contributed by atoms with Crippen LogP contribution in [-0.4, -0.2) is 13.1 Å². The van der Waals surface area contributed by atoms with Gasteiger partial charge in [-0.2, -0.15) is 0 Å². The van der Waals surface area contributed by atoms with E-state index in [4.69, 9.17) is 6.42 Å². The second-order valence-corrected chi connectivity index (χ2v) is 2.45. The Balaban J connectivity index is 3.29. The first-order chi connectivity index (χ1) is 6.60. The van der Waals surface area contributed by atoms with E-state index in [0.717, 1.165) is 19.2 Å². The third-order valence-electron chi connectivity index (χ3n) is 1.61. The molecule has 1 aromatic rings. The van der Waals surface area contributed by atoms with Gasteiger partial charge >= 0.3 is 5.97 Å². The Morgan fingerprint density at radius 3 is 2.29 bits per heavy atom. The standard InChI is InChI=1S/C10H6F2O2/c1-3-7-8(11)4-6(5-9(7)12)10(13)14-2/h1,4-5H,2H3. The predicted octanol–water partition coefficient (Wildman–Crippen LogP) is 1.73. The number of terminal acetylenes is 1.